The molecule has 0 bridgehead atoms. The second kappa shape index (κ2) is 5.28. The Bertz CT molecular complexity index is 453. The Kier molecular flexibility index (Phi) is 3.75. The van der Waals surface area contributed by atoms with Crippen LogP contribution in [-0.2, 0) is 4.74 Å². The summed E-state index contributed by atoms with van der Waals surface area (Å²) in [6.07, 6.45) is -0.00120. The number of methoxy groups -OCH3 is 1. The third-order valence-corrected chi connectivity index (χ3v) is 2.98. The van der Waals surface area contributed by atoms with Crippen molar-refractivity contribution >= 4 is 15.9 Å². The van der Waals surface area contributed by atoms with Crippen molar-refractivity contribution in [3.8, 4) is 0 Å². The third-order valence-electron chi connectivity index (χ3n) is 2.49. The van der Waals surface area contributed by atoms with Crippen molar-refractivity contribution in [3.05, 3.63) is 70.2 Å². The molecule has 0 aliphatic heterocycles. The minimum absolute atomic E-state index is 0.00120. The fraction of sp³-hybridized carbons (Fsp3) is 0.143. The van der Waals surface area contributed by atoms with Gasteiger partial charge in [-0.15, -0.1) is 0 Å². The predicted molar refractivity (Wildman–Crippen MR) is 69.4 cm³/mol. The average Bonchev–Trinajstić information content (AvgIpc) is 2.31. The molecule has 0 saturated heterocycles. The molecule has 0 amide bonds. The number of benzene rings is 2. The van der Waals surface area contributed by atoms with Crippen LogP contribution in [0.1, 0.15) is 17.2 Å². The zero-order valence-corrected chi connectivity index (χ0v) is 10.6. The van der Waals surface area contributed by atoms with E-state index in [-0.39, 0.29) is 6.10 Å². The summed E-state index contributed by atoms with van der Waals surface area (Å²) in [6, 6.07) is 18.4. The first kappa shape index (κ1) is 11.4. The first-order valence-electron chi connectivity index (χ1n) is 5.14. The van der Waals surface area contributed by atoms with Gasteiger partial charge in [0, 0.05) is 11.6 Å². The average molecular weight is 277 g/mol. The fourth-order valence-corrected chi connectivity index (χ4v) is 2.18. The summed E-state index contributed by atoms with van der Waals surface area (Å²) in [5.74, 6) is 0. The number of hydrogen-bond acceptors (Lipinski definition) is 1. The molecule has 16 heavy (non-hydrogen) atoms. The van der Waals surface area contributed by atoms with Gasteiger partial charge in [0.05, 0.1) is 0 Å². The summed E-state index contributed by atoms with van der Waals surface area (Å²) in [6.45, 7) is 0. The maximum atomic E-state index is 5.56. The molecule has 0 heterocycles. The SMILES string of the molecule is COC(c1ccccc1)c1cccc(Br)c1. The van der Waals surface area contributed by atoms with Gasteiger partial charge in [-0.1, -0.05) is 58.4 Å². The lowest BCUT2D eigenvalue weighted by atomic mass is 10.0. The molecular formula is C14H13BrO. The first-order valence-corrected chi connectivity index (χ1v) is 5.94. The van der Waals surface area contributed by atoms with E-state index in [1.54, 1.807) is 7.11 Å². The lowest BCUT2D eigenvalue weighted by molar-refractivity contribution is 0.136. The second-order valence-electron chi connectivity index (χ2n) is 3.58. The Labute approximate surface area is 104 Å². The summed E-state index contributed by atoms with van der Waals surface area (Å²) >= 11 is 3.48. The van der Waals surface area contributed by atoms with E-state index in [0.717, 1.165) is 10.0 Å². The van der Waals surface area contributed by atoms with Gasteiger partial charge in [0.1, 0.15) is 6.10 Å². The van der Waals surface area contributed by atoms with Gasteiger partial charge in [0.25, 0.3) is 0 Å². The van der Waals surface area contributed by atoms with Crippen molar-refractivity contribution in [2.45, 2.75) is 6.10 Å². The normalized spacial score (nSPS) is 12.4. The highest BCUT2D eigenvalue weighted by atomic mass is 79.9. The maximum absolute atomic E-state index is 5.56. The van der Waals surface area contributed by atoms with E-state index in [1.165, 1.54) is 5.56 Å². The molecule has 2 rings (SSSR count). The molecule has 0 spiro atoms. The molecule has 0 fully saturated rings. The van der Waals surface area contributed by atoms with Gasteiger partial charge < -0.3 is 4.74 Å². The van der Waals surface area contributed by atoms with E-state index in [4.69, 9.17) is 4.74 Å². The Balaban J connectivity index is 2.37. The smallest absolute Gasteiger partial charge is 0.107 e. The summed E-state index contributed by atoms with van der Waals surface area (Å²) < 4.78 is 6.63. The highest BCUT2D eigenvalue weighted by molar-refractivity contribution is 9.10. The van der Waals surface area contributed by atoms with Crippen LogP contribution < -0.4 is 0 Å². The quantitative estimate of drug-likeness (QED) is 0.817. The van der Waals surface area contributed by atoms with Crippen LogP contribution in [0.2, 0.25) is 0 Å². The molecule has 82 valence electrons. The summed E-state index contributed by atoms with van der Waals surface area (Å²) in [5, 5.41) is 0. The Morgan fingerprint density at radius 1 is 0.938 bits per heavy atom. The van der Waals surface area contributed by atoms with E-state index in [9.17, 15) is 0 Å². The minimum Gasteiger partial charge on any atom is -0.372 e. The van der Waals surface area contributed by atoms with Crippen LogP contribution in [0.3, 0.4) is 0 Å². The predicted octanol–water partition coefficient (Wildman–Crippen LogP) is 4.18. The number of ether oxygens (including phenoxy) is 1. The zero-order chi connectivity index (χ0) is 11.4. The molecule has 1 atom stereocenters. The van der Waals surface area contributed by atoms with Gasteiger partial charge in [-0.2, -0.15) is 0 Å². The van der Waals surface area contributed by atoms with Crippen molar-refractivity contribution in [1.82, 2.24) is 0 Å². The van der Waals surface area contributed by atoms with Crippen LogP contribution in [0.5, 0.6) is 0 Å². The maximum Gasteiger partial charge on any atom is 0.107 e. The highest BCUT2D eigenvalue weighted by Crippen LogP contribution is 2.26. The van der Waals surface area contributed by atoms with Gasteiger partial charge in [-0.25, -0.2) is 0 Å². The van der Waals surface area contributed by atoms with Gasteiger partial charge >= 0.3 is 0 Å². The second-order valence-corrected chi connectivity index (χ2v) is 4.50. The Morgan fingerprint density at radius 3 is 2.25 bits per heavy atom. The molecule has 0 aromatic heterocycles. The Morgan fingerprint density at radius 2 is 1.62 bits per heavy atom. The molecule has 2 aromatic rings. The first-order chi connectivity index (χ1) is 7.81. The van der Waals surface area contributed by atoms with Gasteiger partial charge in [-0.3, -0.25) is 0 Å². The van der Waals surface area contributed by atoms with Gasteiger partial charge in [0.2, 0.25) is 0 Å². The number of hydrogen-bond donors (Lipinski definition) is 0. The van der Waals surface area contributed by atoms with Crippen LogP contribution in [0.15, 0.2) is 59.1 Å². The van der Waals surface area contributed by atoms with Crippen LogP contribution in [0, 0.1) is 0 Å². The largest absolute Gasteiger partial charge is 0.372 e. The van der Waals surface area contributed by atoms with E-state index in [1.807, 2.05) is 30.3 Å². The molecule has 0 N–H and O–H groups in total. The summed E-state index contributed by atoms with van der Waals surface area (Å²) in [5.41, 5.74) is 2.33. The lowest BCUT2D eigenvalue weighted by Gasteiger charge is -2.16. The highest BCUT2D eigenvalue weighted by Gasteiger charge is 2.12. The van der Waals surface area contributed by atoms with Gasteiger partial charge in [-0.05, 0) is 23.3 Å². The van der Waals surface area contributed by atoms with Crippen molar-refractivity contribution in [2.24, 2.45) is 0 Å². The molecular weight excluding hydrogens is 264 g/mol. The number of halogens is 1. The topological polar surface area (TPSA) is 9.23 Å². The van der Waals surface area contributed by atoms with Crippen molar-refractivity contribution in [3.63, 3.8) is 0 Å². The molecule has 0 radical (unpaired) electrons. The van der Waals surface area contributed by atoms with Crippen LogP contribution >= 0.6 is 15.9 Å². The molecule has 2 heteroatoms. The molecule has 1 unspecified atom stereocenters. The van der Waals surface area contributed by atoms with Crippen molar-refractivity contribution in [1.29, 1.82) is 0 Å². The van der Waals surface area contributed by atoms with E-state index in [0.29, 0.717) is 0 Å². The van der Waals surface area contributed by atoms with Gasteiger partial charge in [0.15, 0.2) is 0 Å². The molecule has 0 aliphatic rings. The van der Waals surface area contributed by atoms with E-state index in [2.05, 4.69) is 40.2 Å². The zero-order valence-electron chi connectivity index (χ0n) is 9.06. The van der Waals surface area contributed by atoms with Crippen molar-refractivity contribution in [2.75, 3.05) is 7.11 Å². The van der Waals surface area contributed by atoms with E-state index >= 15 is 0 Å². The molecule has 0 saturated carbocycles. The van der Waals surface area contributed by atoms with Crippen LogP contribution in [0.4, 0.5) is 0 Å². The Hall–Kier alpha value is -1.12. The monoisotopic (exact) mass is 276 g/mol. The summed E-state index contributed by atoms with van der Waals surface area (Å²) in [7, 11) is 1.73. The standard InChI is InChI=1S/C14H13BrO/c1-16-14(11-6-3-2-4-7-11)12-8-5-9-13(15)10-12/h2-10,14H,1H3. The number of rotatable bonds is 3. The fourth-order valence-electron chi connectivity index (χ4n) is 1.76. The molecule has 0 aliphatic carbocycles. The van der Waals surface area contributed by atoms with Crippen molar-refractivity contribution < 1.29 is 4.74 Å². The molecule has 1 nitrogen and oxygen atoms in total. The minimum atomic E-state index is -0.00120. The van der Waals surface area contributed by atoms with Crippen LogP contribution in [-0.4, -0.2) is 7.11 Å². The van der Waals surface area contributed by atoms with Crippen LogP contribution in [0.25, 0.3) is 0 Å². The molecule has 2 aromatic carbocycles. The third kappa shape index (κ3) is 2.52. The lowest BCUT2D eigenvalue weighted by Crippen LogP contribution is -2.02. The van der Waals surface area contributed by atoms with E-state index < -0.39 is 0 Å². The summed E-state index contributed by atoms with van der Waals surface area (Å²) in [4.78, 5) is 0.